The minimum Gasteiger partial charge on any atom is -0.355 e. The van der Waals surface area contributed by atoms with Crippen LogP contribution in [0.25, 0.3) is 0 Å². The third-order valence-electron chi connectivity index (χ3n) is 3.81. The summed E-state index contributed by atoms with van der Waals surface area (Å²) in [5.74, 6) is 0.917. The fourth-order valence-corrected chi connectivity index (χ4v) is 2.48. The van der Waals surface area contributed by atoms with Crippen molar-refractivity contribution in [2.45, 2.75) is 31.1 Å². The van der Waals surface area contributed by atoms with Gasteiger partial charge in [-0.05, 0) is 49.3 Å². The molecule has 3 heteroatoms. The largest absolute Gasteiger partial charge is 0.355 e. The van der Waals surface area contributed by atoms with Gasteiger partial charge in [-0.25, -0.2) is 0 Å². The Bertz CT molecular complexity index is 449. The number of hydrogen-bond donors (Lipinski definition) is 1. The first-order valence-corrected chi connectivity index (χ1v) is 6.63. The van der Waals surface area contributed by atoms with Gasteiger partial charge in [0.2, 0.25) is 5.91 Å². The Kier molecular flexibility index (Phi) is 2.62. The normalized spacial score (nSPS) is 21.0. The number of halogens is 1. The van der Waals surface area contributed by atoms with Crippen molar-refractivity contribution in [3.05, 3.63) is 34.9 Å². The van der Waals surface area contributed by atoms with E-state index in [-0.39, 0.29) is 11.3 Å². The van der Waals surface area contributed by atoms with Crippen molar-refractivity contribution in [3.8, 4) is 0 Å². The summed E-state index contributed by atoms with van der Waals surface area (Å²) in [6.07, 6.45) is 4.43. The molecule has 90 valence electrons. The van der Waals surface area contributed by atoms with Crippen LogP contribution in [0.5, 0.6) is 0 Å². The fourth-order valence-electron chi connectivity index (χ4n) is 2.29. The molecule has 0 radical (unpaired) electrons. The molecule has 2 nitrogen and oxygen atoms in total. The Hall–Kier alpha value is -1.02. The van der Waals surface area contributed by atoms with Crippen LogP contribution in [0, 0.1) is 5.92 Å². The van der Waals surface area contributed by atoms with E-state index in [0.29, 0.717) is 5.02 Å². The third-order valence-corrected chi connectivity index (χ3v) is 4.05. The summed E-state index contributed by atoms with van der Waals surface area (Å²) < 4.78 is 0. The molecule has 1 N–H and O–H groups in total. The Labute approximate surface area is 106 Å². The van der Waals surface area contributed by atoms with E-state index in [4.69, 9.17) is 11.6 Å². The zero-order valence-electron chi connectivity index (χ0n) is 9.71. The number of benzene rings is 1. The van der Waals surface area contributed by atoms with Crippen LogP contribution in [0.2, 0.25) is 5.02 Å². The van der Waals surface area contributed by atoms with Gasteiger partial charge < -0.3 is 5.32 Å². The lowest BCUT2D eigenvalue weighted by molar-refractivity contribution is -0.123. The van der Waals surface area contributed by atoms with E-state index in [1.54, 1.807) is 0 Å². The summed E-state index contributed by atoms with van der Waals surface area (Å²) in [5, 5.41) is 3.80. The average molecular weight is 250 g/mol. The van der Waals surface area contributed by atoms with Crippen LogP contribution in [0.3, 0.4) is 0 Å². The lowest BCUT2D eigenvalue weighted by Crippen LogP contribution is -2.35. The Morgan fingerprint density at radius 2 is 2.18 bits per heavy atom. The molecule has 0 aromatic heterocycles. The second-order valence-corrected chi connectivity index (χ2v) is 5.68. The number of hydrogen-bond acceptors (Lipinski definition) is 1. The Morgan fingerprint density at radius 3 is 2.76 bits per heavy atom. The second kappa shape index (κ2) is 4.02. The van der Waals surface area contributed by atoms with Crippen LogP contribution in [0.15, 0.2) is 24.3 Å². The van der Waals surface area contributed by atoms with Gasteiger partial charge in [-0.2, -0.15) is 0 Å². The molecule has 0 spiro atoms. The van der Waals surface area contributed by atoms with Crippen molar-refractivity contribution in [1.29, 1.82) is 0 Å². The van der Waals surface area contributed by atoms with E-state index in [0.717, 1.165) is 30.9 Å². The average Bonchev–Trinajstić information content (AvgIpc) is 3.19. The summed E-state index contributed by atoms with van der Waals surface area (Å²) in [7, 11) is 0. The predicted molar refractivity (Wildman–Crippen MR) is 68.1 cm³/mol. The molecule has 1 aromatic rings. The molecule has 0 heterocycles. The maximum atomic E-state index is 12.2. The molecule has 3 rings (SSSR count). The molecule has 0 bridgehead atoms. The highest BCUT2D eigenvalue weighted by molar-refractivity contribution is 6.30. The van der Waals surface area contributed by atoms with Gasteiger partial charge in [0.25, 0.3) is 0 Å². The van der Waals surface area contributed by atoms with Gasteiger partial charge in [0.15, 0.2) is 0 Å². The summed E-state index contributed by atoms with van der Waals surface area (Å²) in [4.78, 5) is 12.2. The molecule has 0 aliphatic heterocycles. The molecule has 0 saturated heterocycles. The minimum atomic E-state index is -0.278. The van der Waals surface area contributed by atoms with Gasteiger partial charge >= 0.3 is 0 Å². The van der Waals surface area contributed by atoms with Gasteiger partial charge in [0.1, 0.15) is 0 Å². The molecule has 0 atom stereocenters. The zero-order valence-corrected chi connectivity index (χ0v) is 10.5. The van der Waals surface area contributed by atoms with E-state index in [1.165, 1.54) is 12.8 Å². The van der Waals surface area contributed by atoms with Crippen LogP contribution in [-0.4, -0.2) is 12.5 Å². The van der Waals surface area contributed by atoms with Crippen molar-refractivity contribution in [3.63, 3.8) is 0 Å². The lowest BCUT2D eigenvalue weighted by atomic mass is 9.95. The highest BCUT2D eigenvalue weighted by Crippen LogP contribution is 2.49. The summed E-state index contributed by atoms with van der Waals surface area (Å²) >= 11 is 5.99. The van der Waals surface area contributed by atoms with Crippen LogP contribution >= 0.6 is 11.6 Å². The van der Waals surface area contributed by atoms with E-state index in [1.807, 2.05) is 24.3 Å². The maximum Gasteiger partial charge on any atom is 0.230 e. The molecule has 2 saturated carbocycles. The Morgan fingerprint density at radius 1 is 1.41 bits per heavy atom. The van der Waals surface area contributed by atoms with Crippen LogP contribution in [-0.2, 0) is 10.2 Å². The first kappa shape index (κ1) is 11.1. The van der Waals surface area contributed by atoms with E-state index in [9.17, 15) is 4.79 Å². The van der Waals surface area contributed by atoms with E-state index in [2.05, 4.69) is 5.32 Å². The highest BCUT2D eigenvalue weighted by atomic mass is 35.5. The molecular weight excluding hydrogens is 234 g/mol. The number of nitrogens with one attached hydrogen (secondary N) is 1. The second-order valence-electron chi connectivity index (χ2n) is 5.25. The molecule has 17 heavy (non-hydrogen) atoms. The van der Waals surface area contributed by atoms with Crippen molar-refractivity contribution >= 4 is 17.5 Å². The first-order chi connectivity index (χ1) is 8.21. The van der Waals surface area contributed by atoms with Crippen LogP contribution in [0.4, 0.5) is 0 Å². The quantitative estimate of drug-likeness (QED) is 0.874. The summed E-state index contributed by atoms with van der Waals surface area (Å²) in [6, 6.07) is 7.70. The van der Waals surface area contributed by atoms with E-state index >= 15 is 0 Å². The first-order valence-electron chi connectivity index (χ1n) is 6.25. The van der Waals surface area contributed by atoms with Crippen molar-refractivity contribution in [2.24, 2.45) is 5.92 Å². The monoisotopic (exact) mass is 249 g/mol. The van der Waals surface area contributed by atoms with E-state index < -0.39 is 0 Å². The van der Waals surface area contributed by atoms with Gasteiger partial charge in [0.05, 0.1) is 5.41 Å². The number of carbonyl (C=O) groups excluding carboxylic acids is 1. The highest BCUT2D eigenvalue weighted by Gasteiger charge is 2.51. The van der Waals surface area contributed by atoms with Gasteiger partial charge in [-0.3, -0.25) is 4.79 Å². The number of carbonyl (C=O) groups is 1. The van der Waals surface area contributed by atoms with Crippen molar-refractivity contribution in [2.75, 3.05) is 6.54 Å². The molecule has 1 aromatic carbocycles. The lowest BCUT2D eigenvalue weighted by Gasteiger charge is -2.15. The third kappa shape index (κ3) is 2.19. The van der Waals surface area contributed by atoms with Crippen LogP contribution in [0.1, 0.15) is 31.2 Å². The number of amides is 1. The fraction of sp³-hybridized carbons (Fsp3) is 0.500. The van der Waals surface area contributed by atoms with Gasteiger partial charge in [-0.1, -0.05) is 23.7 Å². The molecule has 0 unspecified atom stereocenters. The van der Waals surface area contributed by atoms with Gasteiger partial charge in [0, 0.05) is 11.6 Å². The van der Waals surface area contributed by atoms with Gasteiger partial charge in [-0.15, -0.1) is 0 Å². The Balaban J connectivity index is 1.73. The predicted octanol–water partition coefficient (Wildman–Crippen LogP) is 2.90. The minimum absolute atomic E-state index is 0.187. The topological polar surface area (TPSA) is 29.1 Å². The molecule has 2 fully saturated rings. The smallest absolute Gasteiger partial charge is 0.230 e. The molecule has 2 aliphatic carbocycles. The van der Waals surface area contributed by atoms with Crippen LogP contribution < -0.4 is 5.32 Å². The number of rotatable bonds is 4. The SMILES string of the molecule is O=C(NCC1CC1)C1(c2cccc(Cl)c2)CC1. The maximum absolute atomic E-state index is 12.2. The molecule has 2 aliphatic rings. The standard InChI is InChI=1S/C14H16ClNO/c15-12-3-1-2-11(8-12)14(6-7-14)13(17)16-9-10-4-5-10/h1-3,8,10H,4-7,9H2,(H,16,17). The summed E-state index contributed by atoms with van der Waals surface area (Å²) in [6.45, 7) is 0.848. The van der Waals surface area contributed by atoms with Crippen molar-refractivity contribution < 1.29 is 4.79 Å². The van der Waals surface area contributed by atoms with Crippen molar-refractivity contribution in [1.82, 2.24) is 5.32 Å². The molecular formula is C14H16ClNO. The zero-order chi connectivity index (χ0) is 11.9. The molecule has 1 amide bonds. The summed E-state index contributed by atoms with van der Waals surface area (Å²) in [5.41, 5.74) is 0.790.